The molecule has 0 spiro atoms. The van der Waals surface area contributed by atoms with Crippen LogP contribution in [-0.2, 0) is 9.59 Å². The van der Waals surface area contributed by atoms with Crippen molar-refractivity contribution in [2.45, 2.75) is 41.0 Å². The van der Waals surface area contributed by atoms with Gasteiger partial charge in [0.25, 0.3) is 0 Å². The number of nitrogens with zero attached hydrogens (tertiary/aromatic N) is 1. The maximum atomic E-state index is 10.8. The van der Waals surface area contributed by atoms with Crippen LogP contribution in [0.15, 0.2) is 23.4 Å². The lowest BCUT2D eigenvalue weighted by atomic mass is 10.1. The molecule has 0 fully saturated rings. The number of allylic oxidation sites excluding steroid dienone is 1. The topological polar surface area (TPSA) is 77.8 Å². The molecule has 5 heteroatoms. The van der Waals surface area contributed by atoms with E-state index in [-0.39, 0.29) is 5.57 Å². The second kappa shape index (κ2) is 10.2. The van der Waals surface area contributed by atoms with Crippen LogP contribution in [0.5, 0.6) is 0 Å². The average molecular weight is 271 g/mol. The van der Waals surface area contributed by atoms with Crippen molar-refractivity contribution in [3.63, 3.8) is 0 Å². The summed E-state index contributed by atoms with van der Waals surface area (Å²) in [6.45, 7) is 14.1. The minimum absolute atomic E-state index is 0.176. The molecule has 0 heterocycles. The van der Waals surface area contributed by atoms with Crippen molar-refractivity contribution >= 4 is 11.9 Å². The van der Waals surface area contributed by atoms with Gasteiger partial charge < -0.3 is 15.1 Å². The Bertz CT molecular complexity index is 342. The SMILES string of the molecule is C=C(C)C(=O)O.CC/C(=C(/C)C(=O)O)N(CC)CC. The van der Waals surface area contributed by atoms with Gasteiger partial charge in [0, 0.05) is 24.4 Å². The van der Waals surface area contributed by atoms with Crippen LogP contribution >= 0.6 is 0 Å². The van der Waals surface area contributed by atoms with Crippen LogP contribution in [0.25, 0.3) is 0 Å². The first-order valence-corrected chi connectivity index (χ1v) is 6.29. The molecule has 0 aliphatic carbocycles. The van der Waals surface area contributed by atoms with Gasteiger partial charge >= 0.3 is 11.9 Å². The molecule has 5 nitrogen and oxygen atoms in total. The Hall–Kier alpha value is -1.78. The van der Waals surface area contributed by atoms with Gasteiger partial charge in [-0.05, 0) is 34.1 Å². The highest BCUT2D eigenvalue weighted by Crippen LogP contribution is 2.13. The van der Waals surface area contributed by atoms with E-state index in [0.29, 0.717) is 5.57 Å². The van der Waals surface area contributed by atoms with Crippen molar-refractivity contribution in [1.82, 2.24) is 4.90 Å². The van der Waals surface area contributed by atoms with E-state index in [0.717, 1.165) is 25.2 Å². The number of rotatable bonds is 6. The molecule has 0 saturated carbocycles. The van der Waals surface area contributed by atoms with Gasteiger partial charge in [0.2, 0.25) is 0 Å². The molecule has 0 unspecified atom stereocenters. The van der Waals surface area contributed by atoms with Crippen LogP contribution in [0.4, 0.5) is 0 Å². The van der Waals surface area contributed by atoms with Gasteiger partial charge in [0.05, 0.1) is 5.57 Å². The quantitative estimate of drug-likeness (QED) is 0.726. The molecule has 0 bridgehead atoms. The summed E-state index contributed by atoms with van der Waals surface area (Å²) in [6.07, 6.45) is 0.778. The molecule has 0 aromatic carbocycles. The minimum atomic E-state index is -0.935. The van der Waals surface area contributed by atoms with E-state index in [4.69, 9.17) is 10.2 Å². The van der Waals surface area contributed by atoms with Gasteiger partial charge in [0.1, 0.15) is 0 Å². The van der Waals surface area contributed by atoms with Gasteiger partial charge in [-0.15, -0.1) is 0 Å². The lowest BCUT2D eigenvalue weighted by molar-refractivity contribution is -0.133. The molecule has 2 N–H and O–H groups in total. The van der Waals surface area contributed by atoms with E-state index in [1.807, 2.05) is 20.8 Å². The predicted molar refractivity (Wildman–Crippen MR) is 76.0 cm³/mol. The van der Waals surface area contributed by atoms with Gasteiger partial charge in [-0.1, -0.05) is 13.5 Å². The summed E-state index contributed by atoms with van der Waals surface area (Å²) in [5.74, 6) is -1.75. The first kappa shape index (κ1) is 19.6. The van der Waals surface area contributed by atoms with Gasteiger partial charge in [-0.3, -0.25) is 0 Å². The molecule has 0 aromatic heterocycles. The Morgan fingerprint density at radius 3 is 1.53 bits per heavy atom. The third-order valence-corrected chi connectivity index (χ3v) is 2.60. The highest BCUT2D eigenvalue weighted by molar-refractivity contribution is 5.86. The fraction of sp³-hybridized carbons (Fsp3) is 0.571. The van der Waals surface area contributed by atoms with Crippen LogP contribution < -0.4 is 0 Å². The van der Waals surface area contributed by atoms with Gasteiger partial charge in [-0.2, -0.15) is 0 Å². The number of carboxylic acids is 2. The van der Waals surface area contributed by atoms with Crippen LogP contribution in [0.1, 0.15) is 41.0 Å². The number of hydrogen-bond donors (Lipinski definition) is 2. The summed E-state index contributed by atoms with van der Waals surface area (Å²) in [5.41, 5.74) is 1.58. The van der Waals surface area contributed by atoms with Crippen LogP contribution in [0.2, 0.25) is 0 Å². The number of carbonyl (C=O) groups is 2. The number of carboxylic acid groups (broad SMARTS) is 2. The molecule has 0 aromatic rings. The highest BCUT2D eigenvalue weighted by atomic mass is 16.4. The van der Waals surface area contributed by atoms with Crippen molar-refractivity contribution in [1.29, 1.82) is 0 Å². The van der Waals surface area contributed by atoms with Crippen molar-refractivity contribution in [3.8, 4) is 0 Å². The molecule has 110 valence electrons. The Labute approximate surface area is 115 Å². The molecule has 0 atom stereocenters. The zero-order valence-electron chi connectivity index (χ0n) is 12.5. The Kier molecular flexibility index (Phi) is 10.5. The van der Waals surface area contributed by atoms with E-state index < -0.39 is 11.9 Å². The average Bonchev–Trinajstić information content (AvgIpc) is 2.35. The summed E-state index contributed by atoms with van der Waals surface area (Å²) >= 11 is 0. The summed E-state index contributed by atoms with van der Waals surface area (Å²) in [5, 5.41) is 16.7. The van der Waals surface area contributed by atoms with Gasteiger partial charge in [0.15, 0.2) is 0 Å². The maximum Gasteiger partial charge on any atom is 0.333 e. The molecule has 19 heavy (non-hydrogen) atoms. The first-order valence-electron chi connectivity index (χ1n) is 6.29. The fourth-order valence-corrected chi connectivity index (χ4v) is 1.45. The number of hydrogen-bond acceptors (Lipinski definition) is 3. The molecule has 0 aliphatic heterocycles. The summed E-state index contributed by atoms with van der Waals surface area (Å²) in [6, 6.07) is 0. The summed E-state index contributed by atoms with van der Waals surface area (Å²) < 4.78 is 0. The van der Waals surface area contributed by atoms with Crippen molar-refractivity contribution in [3.05, 3.63) is 23.4 Å². The van der Waals surface area contributed by atoms with Crippen LogP contribution in [0, 0.1) is 0 Å². The molecule has 0 aliphatic rings. The van der Waals surface area contributed by atoms with Crippen LogP contribution in [-0.4, -0.2) is 40.1 Å². The van der Waals surface area contributed by atoms with E-state index >= 15 is 0 Å². The number of aliphatic carboxylic acids is 2. The third kappa shape index (κ3) is 8.02. The molecule has 0 rings (SSSR count). The monoisotopic (exact) mass is 271 g/mol. The van der Waals surface area contributed by atoms with E-state index in [1.54, 1.807) is 6.92 Å². The molecule has 0 radical (unpaired) electrons. The van der Waals surface area contributed by atoms with Crippen molar-refractivity contribution < 1.29 is 19.8 Å². The molecule has 0 amide bonds. The summed E-state index contributed by atoms with van der Waals surface area (Å²) in [4.78, 5) is 22.4. The van der Waals surface area contributed by atoms with Crippen molar-refractivity contribution in [2.24, 2.45) is 0 Å². The Morgan fingerprint density at radius 1 is 1.00 bits per heavy atom. The molecular formula is C14H25NO4. The maximum absolute atomic E-state index is 10.8. The Balaban J connectivity index is 0. The highest BCUT2D eigenvalue weighted by Gasteiger charge is 2.11. The van der Waals surface area contributed by atoms with Gasteiger partial charge in [-0.25, -0.2) is 9.59 Å². The minimum Gasteiger partial charge on any atom is -0.478 e. The standard InChI is InChI=1S/C10H19NO2.C4H6O2/c1-5-9(8(4)10(12)13)11(6-2)7-3;1-3(2)4(5)6/h5-7H2,1-4H3,(H,12,13);1H2,2H3,(H,5,6)/b9-8+;. The second-order valence-corrected chi connectivity index (χ2v) is 3.99. The first-order chi connectivity index (χ1) is 8.72. The molecule has 0 saturated heterocycles. The zero-order valence-corrected chi connectivity index (χ0v) is 12.5. The van der Waals surface area contributed by atoms with Crippen molar-refractivity contribution in [2.75, 3.05) is 13.1 Å². The fourth-order valence-electron chi connectivity index (χ4n) is 1.45. The largest absolute Gasteiger partial charge is 0.478 e. The van der Waals surface area contributed by atoms with E-state index in [2.05, 4.69) is 11.5 Å². The predicted octanol–water partition coefficient (Wildman–Crippen LogP) is 2.74. The lowest BCUT2D eigenvalue weighted by Gasteiger charge is -2.24. The van der Waals surface area contributed by atoms with E-state index in [1.165, 1.54) is 6.92 Å². The van der Waals surface area contributed by atoms with Crippen LogP contribution in [0.3, 0.4) is 0 Å². The Morgan fingerprint density at radius 2 is 1.37 bits per heavy atom. The van der Waals surface area contributed by atoms with E-state index in [9.17, 15) is 9.59 Å². The normalized spacial score (nSPS) is 10.8. The zero-order chi connectivity index (χ0) is 15.6. The lowest BCUT2D eigenvalue weighted by Crippen LogP contribution is -2.24. The summed E-state index contributed by atoms with van der Waals surface area (Å²) in [7, 11) is 0. The smallest absolute Gasteiger partial charge is 0.333 e. The second-order valence-electron chi connectivity index (χ2n) is 3.99. The molecular weight excluding hydrogens is 246 g/mol. The third-order valence-electron chi connectivity index (χ3n) is 2.60.